The van der Waals surface area contributed by atoms with Crippen molar-refractivity contribution in [2.24, 2.45) is 0 Å². The van der Waals surface area contributed by atoms with Gasteiger partial charge < -0.3 is 14.2 Å². The molecule has 0 saturated carbocycles. The zero-order chi connectivity index (χ0) is 47.7. The van der Waals surface area contributed by atoms with Crippen molar-refractivity contribution in [2.45, 2.75) is 232 Å². The SMILES string of the molecule is CC/C=C\C/C=C\C/C=C\C/C=C\C/C=C\CCCC(=O)OCC(COCCCCCCCCCC/C=C\CCCCCCCC)OC(=O)CCCC/C=C\C/C=C\C/C=C\C/C=C\CC. The first-order valence-electron chi connectivity index (χ1n) is 27.1. The molecule has 0 saturated heterocycles. The minimum Gasteiger partial charge on any atom is -0.462 e. The molecule has 1 atom stereocenters. The molecule has 0 aliphatic rings. The van der Waals surface area contributed by atoms with E-state index in [9.17, 15) is 9.59 Å². The van der Waals surface area contributed by atoms with Gasteiger partial charge in [-0.25, -0.2) is 0 Å². The van der Waals surface area contributed by atoms with E-state index in [0.29, 0.717) is 19.4 Å². The van der Waals surface area contributed by atoms with E-state index < -0.39 is 6.10 Å². The molecular weight excluding hydrogens is 813 g/mol. The van der Waals surface area contributed by atoms with Crippen molar-refractivity contribution in [3.63, 3.8) is 0 Å². The molecular formula is C61H100O5. The van der Waals surface area contributed by atoms with Crippen LogP contribution in [-0.2, 0) is 23.8 Å². The fourth-order valence-electron chi connectivity index (χ4n) is 7.00. The number of allylic oxidation sites excluding steroid dienone is 20. The molecule has 0 aromatic carbocycles. The van der Waals surface area contributed by atoms with Gasteiger partial charge in [0.1, 0.15) is 6.61 Å². The summed E-state index contributed by atoms with van der Waals surface area (Å²) in [6, 6.07) is 0. The molecule has 0 aliphatic carbocycles. The molecule has 0 amide bonds. The summed E-state index contributed by atoms with van der Waals surface area (Å²) in [4.78, 5) is 25.4. The normalized spacial score (nSPS) is 13.2. The van der Waals surface area contributed by atoms with Crippen LogP contribution in [0.3, 0.4) is 0 Å². The first-order valence-corrected chi connectivity index (χ1v) is 27.1. The van der Waals surface area contributed by atoms with Crippen LogP contribution in [-0.4, -0.2) is 37.9 Å². The number of hydrogen-bond donors (Lipinski definition) is 0. The average molecular weight is 913 g/mol. The van der Waals surface area contributed by atoms with Crippen molar-refractivity contribution in [1.29, 1.82) is 0 Å². The largest absolute Gasteiger partial charge is 0.462 e. The third-order valence-corrected chi connectivity index (χ3v) is 11.0. The van der Waals surface area contributed by atoms with Crippen LogP contribution in [0.15, 0.2) is 122 Å². The summed E-state index contributed by atoms with van der Waals surface area (Å²) in [5.74, 6) is -0.520. The first-order chi connectivity index (χ1) is 32.6. The van der Waals surface area contributed by atoms with Crippen molar-refractivity contribution in [1.82, 2.24) is 0 Å². The number of hydrogen-bond acceptors (Lipinski definition) is 5. The van der Waals surface area contributed by atoms with Crippen LogP contribution in [0.4, 0.5) is 0 Å². The summed E-state index contributed by atoms with van der Waals surface area (Å²) in [7, 11) is 0. The second kappa shape index (κ2) is 55.6. The van der Waals surface area contributed by atoms with Gasteiger partial charge in [0, 0.05) is 19.4 Å². The van der Waals surface area contributed by atoms with Crippen molar-refractivity contribution in [2.75, 3.05) is 19.8 Å². The second-order valence-electron chi connectivity index (χ2n) is 17.4. The van der Waals surface area contributed by atoms with E-state index in [1.165, 1.54) is 89.9 Å². The van der Waals surface area contributed by atoms with Gasteiger partial charge >= 0.3 is 11.9 Å². The molecule has 5 nitrogen and oxygen atoms in total. The molecule has 66 heavy (non-hydrogen) atoms. The number of unbranched alkanes of at least 4 members (excludes halogenated alkanes) is 17. The Kier molecular flexibility index (Phi) is 52.5. The van der Waals surface area contributed by atoms with E-state index in [0.717, 1.165) is 103 Å². The smallest absolute Gasteiger partial charge is 0.306 e. The third kappa shape index (κ3) is 52.9. The van der Waals surface area contributed by atoms with Gasteiger partial charge in [0.2, 0.25) is 0 Å². The second-order valence-corrected chi connectivity index (χ2v) is 17.4. The maximum atomic E-state index is 12.8. The van der Waals surface area contributed by atoms with Crippen LogP contribution in [0.1, 0.15) is 226 Å². The van der Waals surface area contributed by atoms with Crippen molar-refractivity contribution >= 4 is 11.9 Å². The fraction of sp³-hybridized carbons (Fsp3) is 0.639. The van der Waals surface area contributed by atoms with Gasteiger partial charge in [-0.3, -0.25) is 9.59 Å². The molecule has 0 aromatic heterocycles. The Bertz CT molecular complexity index is 1350. The molecule has 0 N–H and O–H groups in total. The van der Waals surface area contributed by atoms with E-state index in [-0.39, 0.29) is 25.2 Å². The number of carbonyl (C=O) groups excluding carboxylic acids is 2. The summed E-state index contributed by atoms with van der Waals surface area (Å²) in [5.41, 5.74) is 0. The van der Waals surface area contributed by atoms with E-state index in [4.69, 9.17) is 14.2 Å². The van der Waals surface area contributed by atoms with Crippen LogP contribution in [0, 0.1) is 0 Å². The maximum Gasteiger partial charge on any atom is 0.306 e. The minimum absolute atomic E-state index is 0.0309. The molecule has 0 rings (SSSR count). The lowest BCUT2D eigenvalue weighted by Crippen LogP contribution is -2.30. The Labute approximate surface area is 407 Å². The highest BCUT2D eigenvalue weighted by molar-refractivity contribution is 5.70. The molecule has 1 unspecified atom stereocenters. The standard InChI is InChI=1S/C61H100O5/c1-4-7-10-13-16-19-22-25-28-30-32-35-38-41-44-47-50-53-56-64-57-59(66-61(63)55-52-49-46-43-40-37-33-27-24-21-18-15-12-9-6-3)58-65-60(62)54-51-48-45-42-39-36-34-31-29-26-23-20-17-14-11-8-5-2/h8-9,11-12,17-18,20-21,25-29,33-34,36,40,42-43,45,59H,4-7,10,13-16,19,22-24,30-32,35,37-39,41,44,46-58H2,1-3H3/b11-8-,12-9-,20-17-,21-18-,28-25-,29-26-,33-27-,36-34-,43-40-,45-42-. The Morgan fingerprint density at radius 2 is 0.697 bits per heavy atom. The number of carbonyl (C=O) groups is 2. The molecule has 0 spiro atoms. The van der Waals surface area contributed by atoms with Gasteiger partial charge in [-0.05, 0) is 122 Å². The van der Waals surface area contributed by atoms with Crippen molar-refractivity contribution < 1.29 is 23.8 Å². The fourth-order valence-corrected chi connectivity index (χ4v) is 7.00. The highest BCUT2D eigenvalue weighted by Crippen LogP contribution is 2.13. The molecule has 0 bridgehead atoms. The zero-order valence-corrected chi connectivity index (χ0v) is 42.9. The monoisotopic (exact) mass is 913 g/mol. The third-order valence-electron chi connectivity index (χ3n) is 11.0. The highest BCUT2D eigenvalue weighted by atomic mass is 16.6. The quantitative estimate of drug-likeness (QED) is 0.0346. The van der Waals surface area contributed by atoms with Gasteiger partial charge in [-0.15, -0.1) is 0 Å². The Hall–Kier alpha value is -3.70. The van der Waals surface area contributed by atoms with Gasteiger partial charge in [0.25, 0.3) is 0 Å². The molecule has 0 aromatic rings. The van der Waals surface area contributed by atoms with Crippen LogP contribution in [0.25, 0.3) is 0 Å². The lowest BCUT2D eigenvalue weighted by molar-refractivity contribution is -0.162. The van der Waals surface area contributed by atoms with Gasteiger partial charge in [-0.2, -0.15) is 0 Å². The summed E-state index contributed by atoms with van der Waals surface area (Å²) >= 11 is 0. The van der Waals surface area contributed by atoms with Crippen LogP contribution in [0.5, 0.6) is 0 Å². The molecule has 0 heterocycles. The molecule has 5 heteroatoms. The average Bonchev–Trinajstić information content (AvgIpc) is 3.32. The van der Waals surface area contributed by atoms with Crippen LogP contribution < -0.4 is 0 Å². The van der Waals surface area contributed by atoms with Crippen LogP contribution >= 0.6 is 0 Å². The summed E-state index contributed by atoms with van der Waals surface area (Å²) < 4.78 is 17.3. The predicted molar refractivity (Wildman–Crippen MR) is 288 cm³/mol. The van der Waals surface area contributed by atoms with Gasteiger partial charge in [-0.1, -0.05) is 213 Å². The Balaban J connectivity index is 4.44. The van der Waals surface area contributed by atoms with Crippen LogP contribution in [0.2, 0.25) is 0 Å². The molecule has 0 fully saturated rings. The lowest BCUT2D eigenvalue weighted by Gasteiger charge is -2.18. The number of rotatable bonds is 48. The summed E-state index contributed by atoms with van der Waals surface area (Å²) in [6.45, 7) is 7.48. The van der Waals surface area contributed by atoms with E-state index in [2.05, 4.69) is 142 Å². The Morgan fingerprint density at radius 3 is 1.15 bits per heavy atom. The van der Waals surface area contributed by atoms with Gasteiger partial charge in [0.05, 0.1) is 6.61 Å². The molecule has 0 radical (unpaired) electrons. The van der Waals surface area contributed by atoms with E-state index >= 15 is 0 Å². The maximum absolute atomic E-state index is 12.8. The predicted octanol–water partition coefficient (Wildman–Crippen LogP) is 18.6. The van der Waals surface area contributed by atoms with E-state index in [1.807, 2.05) is 0 Å². The summed E-state index contributed by atoms with van der Waals surface area (Å²) in [6.07, 6.45) is 77.9. The number of ether oxygens (including phenoxy) is 3. The zero-order valence-electron chi connectivity index (χ0n) is 42.9. The molecule has 374 valence electrons. The van der Waals surface area contributed by atoms with Gasteiger partial charge in [0.15, 0.2) is 6.10 Å². The van der Waals surface area contributed by atoms with Crippen molar-refractivity contribution in [3.05, 3.63) is 122 Å². The lowest BCUT2D eigenvalue weighted by atomic mass is 10.1. The van der Waals surface area contributed by atoms with E-state index in [1.54, 1.807) is 0 Å². The first kappa shape index (κ1) is 62.3. The Morgan fingerprint density at radius 1 is 0.348 bits per heavy atom. The van der Waals surface area contributed by atoms with Crippen molar-refractivity contribution in [3.8, 4) is 0 Å². The highest BCUT2D eigenvalue weighted by Gasteiger charge is 2.17. The summed E-state index contributed by atoms with van der Waals surface area (Å²) in [5, 5.41) is 0. The minimum atomic E-state index is -0.591. The molecule has 0 aliphatic heterocycles. The number of esters is 2. The topological polar surface area (TPSA) is 61.8 Å².